The number of nitrogens with zero attached hydrogens (tertiary/aromatic N) is 2. The molecule has 0 aromatic carbocycles. The minimum Gasteiger partial charge on any atom is -0.272 e. The molecule has 0 fully saturated rings. The molecule has 0 spiro atoms. The van der Waals surface area contributed by atoms with E-state index in [9.17, 15) is 0 Å². The first kappa shape index (κ1) is 7.35. The number of hydrogen-bond acceptors (Lipinski definition) is 1. The molecule has 1 heterocycles. The van der Waals surface area contributed by atoms with Crippen molar-refractivity contribution in [2.75, 3.05) is 0 Å². The third kappa shape index (κ3) is 1.02. The van der Waals surface area contributed by atoms with Gasteiger partial charge in [0.2, 0.25) is 0 Å². The molecule has 1 aliphatic carbocycles. The van der Waals surface area contributed by atoms with Crippen LogP contribution in [0.3, 0.4) is 0 Å². The highest BCUT2D eigenvalue weighted by Gasteiger charge is 2.19. The Kier molecular flexibility index (Phi) is 1.75. The van der Waals surface area contributed by atoms with Gasteiger partial charge in [-0.05, 0) is 24.8 Å². The van der Waals surface area contributed by atoms with Crippen LogP contribution < -0.4 is 0 Å². The summed E-state index contributed by atoms with van der Waals surface area (Å²) in [5.74, 6) is 0. The monoisotopic (exact) mass is 214 g/mol. The third-order valence-electron chi connectivity index (χ3n) is 2.32. The summed E-state index contributed by atoms with van der Waals surface area (Å²) in [7, 11) is 2.04. The minimum absolute atomic E-state index is 0.899. The van der Waals surface area contributed by atoms with Crippen molar-refractivity contribution in [3.8, 4) is 0 Å². The molecule has 60 valence electrons. The van der Waals surface area contributed by atoms with Gasteiger partial charge in [-0.15, -0.1) is 0 Å². The molecule has 1 aromatic rings. The van der Waals surface area contributed by atoms with E-state index in [4.69, 9.17) is 0 Å². The maximum absolute atomic E-state index is 4.42. The molecule has 11 heavy (non-hydrogen) atoms. The SMILES string of the molecule is Cn1nc(CBr)c2c1CCC2. The van der Waals surface area contributed by atoms with Crippen LogP contribution in [-0.2, 0) is 25.2 Å². The van der Waals surface area contributed by atoms with Crippen LogP contribution in [-0.4, -0.2) is 9.78 Å². The van der Waals surface area contributed by atoms with Gasteiger partial charge in [0.15, 0.2) is 0 Å². The van der Waals surface area contributed by atoms with Crippen molar-refractivity contribution >= 4 is 15.9 Å². The molecule has 2 nitrogen and oxygen atoms in total. The van der Waals surface area contributed by atoms with Crippen molar-refractivity contribution in [2.45, 2.75) is 24.6 Å². The van der Waals surface area contributed by atoms with Crippen LogP contribution in [0.25, 0.3) is 0 Å². The molecular weight excluding hydrogens is 204 g/mol. The average Bonchev–Trinajstić information content (AvgIpc) is 2.54. The van der Waals surface area contributed by atoms with Gasteiger partial charge in [-0.2, -0.15) is 5.10 Å². The standard InChI is InChI=1S/C8H11BrN2/c1-11-8-4-2-3-6(8)7(5-9)10-11/h2-5H2,1H3. The van der Waals surface area contributed by atoms with E-state index in [0.717, 1.165) is 5.33 Å². The first-order valence-electron chi connectivity index (χ1n) is 3.92. The Morgan fingerprint density at radius 3 is 3.09 bits per heavy atom. The number of hydrogen-bond donors (Lipinski definition) is 0. The Labute approximate surface area is 74.7 Å². The van der Waals surface area contributed by atoms with E-state index in [2.05, 4.69) is 21.0 Å². The first-order chi connectivity index (χ1) is 5.33. The Bertz CT molecular complexity index is 278. The number of aromatic nitrogens is 2. The Balaban J connectivity index is 2.52. The van der Waals surface area contributed by atoms with Crippen LogP contribution in [0.2, 0.25) is 0 Å². The zero-order chi connectivity index (χ0) is 7.84. The summed E-state index contributed by atoms with van der Waals surface area (Å²) >= 11 is 3.45. The molecule has 0 N–H and O–H groups in total. The topological polar surface area (TPSA) is 17.8 Å². The average molecular weight is 215 g/mol. The number of halogens is 1. The number of aryl methyl sites for hydroxylation is 1. The van der Waals surface area contributed by atoms with Crippen molar-refractivity contribution in [1.82, 2.24) is 9.78 Å². The lowest BCUT2D eigenvalue weighted by atomic mass is 10.2. The molecule has 0 bridgehead atoms. The summed E-state index contributed by atoms with van der Waals surface area (Å²) in [5, 5.41) is 5.32. The smallest absolute Gasteiger partial charge is 0.0764 e. The highest BCUT2D eigenvalue weighted by molar-refractivity contribution is 9.08. The molecule has 1 aromatic heterocycles. The van der Waals surface area contributed by atoms with Gasteiger partial charge in [0.05, 0.1) is 5.69 Å². The van der Waals surface area contributed by atoms with Crippen LogP contribution in [0.1, 0.15) is 23.4 Å². The van der Waals surface area contributed by atoms with E-state index in [0.29, 0.717) is 0 Å². The minimum atomic E-state index is 0.899. The lowest BCUT2D eigenvalue weighted by Crippen LogP contribution is -1.96. The Morgan fingerprint density at radius 1 is 1.55 bits per heavy atom. The van der Waals surface area contributed by atoms with Gasteiger partial charge >= 0.3 is 0 Å². The van der Waals surface area contributed by atoms with E-state index < -0.39 is 0 Å². The molecule has 0 atom stereocenters. The maximum atomic E-state index is 4.42. The second kappa shape index (κ2) is 2.63. The molecule has 0 radical (unpaired) electrons. The highest BCUT2D eigenvalue weighted by Crippen LogP contribution is 2.25. The fraction of sp³-hybridized carbons (Fsp3) is 0.625. The Hall–Kier alpha value is -0.310. The van der Waals surface area contributed by atoms with Gasteiger partial charge < -0.3 is 0 Å². The molecule has 0 unspecified atom stereocenters. The van der Waals surface area contributed by atoms with Crippen LogP contribution >= 0.6 is 15.9 Å². The number of rotatable bonds is 1. The van der Waals surface area contributed by atoms with E-state index in [1.807, 2.05) is 11.7 Å². The van der Waals surface area contributed by atoms with E-state index in [1.54, 1.807) is 0 Å². The summed E-state index contributed by atoms with van der Waals surface area (Å²) in [5.41, 5.74) is 4.17. The van der Waals surface area contributed by atoms with Crippen LogP contribution in [0.15, 0.2) is 0 Å². The lowest BCUT2D eigenvalue weighted by molar-refractivity contribution is 0.697. The summed E-state index contributed by atoms with van der Waals surface area (Å²) in [4.78, 5) is 0. The maximum Gasteiger partial charge on any atom is 0.0764 e. The molecule has 2 rings (SSSR count). The zero-order valence-electron chi connectivity index (χ0n) is 6.60. The van der Waals surface area contributed by atoms with Gasteiger partial charge in [0.1, 0.15) is 0 Å². The largest absolute Gasteiger partial charge is 0.272 e. The third-order valence-corrected chi connectivity index (χ3v) is 2.86. The van der Waals surface area contributed by atoms with Crippen molar-refractivity contribution in [1.29, 1.82) is 0 Å². The molecule has 0 aliphatic heterocycles. The fourth-order valence-electron chi connectivity index (χ4n) is 1.80. The predicted octanol–water partition coefficient (Wildman–Crippen LogP) is 1.80. The number of fused-ring (bicyclic) bond motifs is 1. The molecule has 0 saturated heterocycles. The van der Waals surface area contributed by atoms with Gasteiger partial charge in [0, 0.05) is 18.1 Å². The summed E-state index contributed by atoms with van der Waals surface area (Å²) in [6.07, 6.45) is 3.75. The van der Waals surface area contributed by atoms with Gasteiger partial charge in [-0.3, -0.25) is 4.68 Å². The molecular formula is C8H11BrN2. The normalized spacial score (nSPS) is 15.5. The van der Waals surface area contributed by atoms with E-state index in [-0.39, 0.29) is 0 Å². The Morgan fingerprint density at radius 2 is 2.36 bits per heavy atom. The van der Waals surface area contributed by atoms with E-state index >= 15 is 0 Å². The van der Waals surface area contributed by atoms with Crippen LogP contribution in [0, 0.1) is 0 Å². The van der Waals surface area contributed by atoms with Crippen molar-refractivity contribution < 1.29 is 0 Å². The van der Waals surface area contributed by atoms with Gasteiger partial charge in [-0.1, -0.05) is 15.9 Å². The second-order valence-corrected chi connectivity index (χ2v) is 3.54. The van der Waals surface area contributed by atoms with E-state index in [1.165, 1.54) is 36.2 Å². The molecule has 0 amide bonds. The quantitative estimate of drug-likeness (QED) is 0.653. The highest BCUT2D eigenvalue weighted by atomic mass is 79.9. The predicted molar refractivity (Wildman–Crippen MR) is 47.9 cm³/mol. The fourth-order valence-corrected chi connectivity index (χ4v) is 2.26. The molecule has 3 heteroatoms. The van der Waals surface area contributed by atoms with Crippen LogP contribution in [0.5, 0.6) is 0 Å². The number of alkyl halides is 1. The molecule has 0 saturated carbocycles. The second-order valence-electron chi connectivity index (χ2n) is 2.98. The molecule has 1 aliphatic rings. The summed E-state index contributed by atoms with van der Waals surface area (Å²) in [6.45, 7) is 0. The van der Waals surface area contributed by atoms with Crippen LogP contribution in [0.4, 0.5) is 0 Å². The van der Waals surface area contributed by atoms with Crippen molar-refractivity contribution in [3.63, 3.8) is 0 Å². The van der Waals surface area contributed by atoms with Gasteiger partial charge in [-0.25, -0.2) is 0 Å². The van der Waals surface area contributed by atoms with Gasteiger partial charge in [0.25, 0.3) is 0 Å². The van der Waals surface area contributed by atoms with Crippen molar-refractivity contribution in [2.24, 2.45) is 7.05 Å². The zero-order valence-corrected chi connectivity index (χ0v) is 8.19. The first-order valence-corrected chi connectivity index (χ1v) is 5.04. The summed E-state index contributed by atoms with van der Waals surface area (Å²) < 4.78 is 2.03. The lowest BCUT2D eigenvalue weighted by Gasteiger charge is -1.92. The van der Waals surface area contributed by atoms with Crippen molar-refractivity contribution in [3.05, 3.63) is 17.0 Å². The summed E-state index contributed by atoms with van der Waals surface area (Å²) in [6, 6.07) is 0.